The lowest BCUT2D eigenvalue weighted by atomic mass is 10.2. The van der Waals surface area contributed by atoms with Crippen LogP contribution in [0.25, 0.3) is 0 Å². The van der Waals surface area contributed by atoms with Gasteiger partial charge in [-0.3, -0.25) is 4.79 Å². The summed E-state index contributed by atoms with van der Waals surface area (Å²) in [7, 11) is 1.91. The van der Waals surface area contributed by atoms with Crippen LogP contribution in [0.3, 0.4) is 0 Å². The van der Waals surface area contributed by atoms with E-state index in [4.69, 9.17) is 4.74 Å². The summed E-state index contributed by atoms with van der Waals surface area (Å²) in [5, 5.41) is 0. The molecule has 0 saturated carbocycles. The zero-order valence-corrected chi connectivity index (χ0v) is 12.2. The second kappa shape index (κ2) is 7.48. The smallest absolute Gasteiger partial charge is 0.307 e. The van der Waals surface area contributed by atoms with Gasteiger partial charge < -0.3 is 9.64 Å². The van der Waals surface area contributed by atoms with Crippen LogP contribution in [0.1, 0.15) is 18.9 Å². The Hall–Kier alpha value is -0.940. The Kier molecular flexibility index (Phi) is 6.29. The summed E-state index contributed by atoms with van der Waals surface area (Å²) in [6.45, 7) is 3.48. The molecule has 100 valence electrons. The van der Waals surface area contributed by atoms with Crippen LogP contribution in [0.5, 0.6) is 0 Å². The molecule has 0 heterocycles. The van der Waals surface area contributed by atoms with Crippen molar-refractivity contribution >= 4 is 21.9 Å². The Balaban J connectivity index is 2.42. The van der Waals surface area contributed by atoms with Crippen molar-refractivity contribution in [2.24, 2.45) is 0 Å². The van der Waals surface area contributed by atoms with Crippen molar-refractivity contribution in [1.29, 1.82) is 0 Å². The molecule has 0 fully saturated rings. The third-order valence-corrected chi connectivity index (χ3v) is 3.05. The monoisotopic (exact) mass is 317 g/mol. The molecule has 0 amide bonds. The lowest BCUT2D eigenvalue weighted by Crippen LogP contribution is -2.22. The zero-order valence-electron chi connectivity index (χ0n) is 10.6. The van der Waals surface area contributed by atoms with Crippen LogP contribution in [0.2, 0.25) is 0 Å². The summed E-state index contributed by atoms with van der Waals surface area (Å²) in [4.78, 5) is 13.2. The third-order valence-electron chi connectivity index (χ3n) is 2.44. The normalized spacial score (nSPS) is 10.7. The van der Waals surface area contributed by atoms with Crippen LogP contribution < -0.4 is 0 Å². The number of nitrogens with zero attached hydrogens (tertiary/aromatic N) is 1. The van der Waals surface area contributed by atoms with Gasteiger partial charge in [0.15, 0.2) is 0 Å². The molecule has 0 atom stereocenters. The quantitative estimate of drug-likeness (QED) is 0.755. The van der Waals surface area contributed by atoms with Gasteiger partial charge in [-0.05, 0) is 47.6 Å². The van der Waals surface area contributed by atoms with E-state index < -0.39 is 0 Å². The Morgan fingerprint density at radius 3 is 2.83 bits per heavy atom. The SMILES string of the molecule is CCOC(=O)CCN(C)Cc1ccc(F)c(Br)c1. The molecule has 3 nitrogen and oxygen atoms in total. The Morgan fingerprint density at radius 2 is 2.22 bits per heavy atom. The van der Waals surface area contributed by atoms with Gasteiger partial charge >= 0.3 is 5.97 Å². The second-order valence-corrected chi connectivity index (χ2v) is 4.90. The topological polar surface area (TPSA) is 29.5 Å². The molecule has 1 aromatic carbocycles. The second-order valence-electron chi connectivity index (χ2n) is 4.04. The van der Waals surface area contributed by atoms with E-state index in [0.717, 1.165) is 5.56 Å². The first kappa shape index (κ1) is 15.1. The molecule has 0 aliphatic heterocycles. The molecule has 18 heavy (non-hydrogen) atoms. The zero-order chi connectivity index (χ0) is 13.5. The summed E-state index contributed by atoms with van der Waals surface area (Å²) < 4.78 is 18.4. The van der Waals surface area contributed by atoms with E-state index >= 15 is 0 Å². The van der Waals surface area contributed by atoms with Gasteiger partial charge in [-0.2, -0.15) is 0 Å². The molecule has 0 unspecified atom stereocenters. The van der Waals surface area contributed by atoms with E-state index in [0.29, 0.717) is 30.6 Å². The van der Waals surface area contributed by atoms with Crippen LogP contribution in [0.4, 0.5) is 4.39 Å². The summed E-state index contributed by atoms with van der Waals surface area (Å²) in [6, 6.07) is 4.91. The molecule has 0 aromatic heterocycles. The van der Waals surface area contributed by atoms with E-state index in [2.05, 4.69) is 15.9 Å². The molecule has 1 aromatic rings. The van der Waals surface area contributed by atoms with Gasteiger partial charge in [-0.15, -0.1) is 0 Å². The van der Waals surface area contributed by atoms with Crippen molar-refractivity contribution in [1.82, 2.24) is 4.90 Å². The highest BCUT2D eigenvalue weighted by molar-refractivity contribution is 9.10. The van der Waals surface area contributed by atoms with Crippen LogP contribution in [-0.4, -0.2) is 31.1 Å². The van der Waals surface area contributed by atoms with Gasteiger partial charge in [-0.25, -0.2) is 4.39 Å². The molecular formula is C13H17BrFNO2. The molecule has 0 radical (unpaired) electrons. The standard InChI is InChI=1S/C13H17BrFNO2/c1-3-18-13(17)6-7-16(2)9-10-4-5-12(15)11(14)8-10/h4-5,8H,3,6-7,9H2,1-2H3. The third kappa shape index (κ3) is 5.14. The average Bonchev–Trinajstić information content (AvgIpc) is 2.32. The van der Waals surface area contributed by atoms with Crippen LogP contribution in [-0.2, 0) is 16.1 Å². The number of ether oxygens (including phenoxy) is 1. The first-order valence-electron chi connectivity index (χ1n) is 5.81. The van der Waals surface area contributed by atoms with Crippen LogP contribution in [0, 0.1) is 5.82 Å². The van der Waals surface area contributed by atoms with Gasteiger partial charge in [0.2, 0.25) is 0 Å². The largest absolute Gasteiger partial charge is 0.466 e. The molecule has 1 rings (SSSR count). The molecule has 0 saturated heterocycles. The maximum absolute atomic E-state index is 13.1. The van der Waals surface area contributed by atoms with Crippen molar-refractivity contribution in [2.45, 2.75) is 19.9 Å². The van der Waals surface area contributed by atoms with Gasteiger partial charge in [0.25, 0.3) is 0 Å². The Labute approximate surface area is 115 Å². The van der Waals surface area contributed by atoms with E-state index in [1.54, 1.807) is 19.1 Å². The Morgan fingerprint density at radius 1 is 1.50 bits per heavy atom. The maximum atomic E-state index is 13.1. The minimum atomic E-state index is -0.270. The number of carbonyl (C=O) groups excluding carboxylic acids is 1. The van der Waals surface area contributed by atoms with E-state index in [9.17, 15) is 9.18 Å². The number of halogens is 2. The number of rotatable bonds is 6. The molecule has 0 bridgehead atoms. The molecular weight excluding hydrogens is 301 g/mol. The lowest BCUT2D eigenvalue weighted by molar-refractivity contribution is -0.143. The maximum Gasteiger partial charge on any atom is 0.307 e. The number of hydrogen-bond acceptors (Lipinski definition) is 3. The lowest BCUT2D eigenvalue weighted by Gasteiger charge is -2.16. The molecule has 0 spiro atoms. The summed E-state index contributed by atoms with van der Waals surface area (Å²) in [5.41, 5.74) is 0.995. The fraction of sp³-hybridized carbons (Fsp3) is 0.462. The molecule has 0 aliphatic rings. The molecule has 5 heteroatoms. The minimum Gasteiger partial charge on any atom is -0.466 e. The van der Waals surface area contributed by atoms with Crippen molar-refractivity contribution in [3.63, 3.8) is 0 Å². The summed E-state index contributed by atoms with van der Waals surface area (Å²) in [5.74, 6) is -0.461. The highest BCUT2D eigenvalue weighted by Gasteiger charge is 2.07. The fourth-order valence-corrected chi connectivity index (χ4v) is 1.97. The summed E-state index contributed by atoms with van der Waals surface area (Å²) >= 11 is 3.15. The van der Waals surface area contributed by atoms with Gasteiger partial charge in [0.05, 0.1) is 17.5 Å². The fourth-order valence-electron chi connectivity index (χ4n) is 1.54. The molecule has 0 N–H and O–H groups in total. The Bertz CT molecular complexity index is 412. The highest BCUT2D eigenvalue weighted by Crippen LogP contribution is 2.17. The van der Waals surface area contributed by atoms with Gasteiger partial charge in [-0.1, -0.05) is 6.07 Å². The highest BCUT2D eigenvalue weighted by atomic mass is 79.9. The first-order valence-corrected chi connectivity index (χ1v) is 6.60. The van der Waals surface area contributed by atoms with Gasteiger partial charge in [0.1, 0.15) is 5.82 Å². The van der Waals surface area contributed by atoms with Crippen molar-refractivity contribution in [3.8, 4) is 0 Å². The average molecular weight is 318 g/mol. The van der Waals surface area contributed by atoms with E-state index in [1.807, 2.05) is 11.9 Å². The summed E-state index contributed by atoms with van der Waals surface area (Å²) in [6.07, 6.45) is 0.368. The number of esters is 1. The minimum absolute atomic E-state index is 0.190. The van der Waals surface area contributed by atoms with Crippen LogP contribution in [0.15, 0.2) is 22.7 Å². The molecule has 0 aliphatic carbocycles. The van der Waals surface area contributed by atoms with Gasteiger partial charge in [0, 0.05) is 13.1 Å². The van der Waals surface area contributed by atoms with Crippen molar-refractivity contribution < 1.29 is 13.9 Å². The van der Waals surface area contributed by atoms with E-state index in [1.165, 1.54) is 6.07 Å². The van der Waals surface area contributed by atoms with E-state index in [-0.39, 0.29) is 11.8 Å². The van der Waals surface area contributed by atoms with Crippen molar-refractivity contribution in [2.75, 3.05) is 20.2 Å². The number of hydrogen-bond donors (Lipinski definition) is 0. The first-order chi connectivity index (χ1) is 8.52. The van der Waals surface area contributed by atoms with Crippen LogP contribution >= 0.6 is 15.9 Å². The number of carbonyl (C=O) groups is 1. The predicted octanol–water partition coefficient (Wildman–Crippen LogP) is 2.97. The predicted molar refractivity (Wildman–Crippen MR) is 71.7 cm³/mol. The van der Waals surface area contributed by atoms with Crippen molar-refractivity contribution in [3.05, 3.63) is 34.1 Å². The number of benzene rings is 1.